The van der Waals surface area contributed by atoms with E-state index in [0.29, 0.717) is 23.9 Å². The minimum Gasteiger partial charge on any atom is -0.493 e. The van der Waals surface area contributed by atoms with E-state index >= 15 is 0 Å². The number of methoxy groups -OCH3 is 2. The topological polar surface area (TPSA) is 91.4 Å². The number of amides is 1. The monoisotopic (exact) mass is 318 g/mol. The van der Waals surface area contributed by atoms with Gasteiger partial charge in [0.15, 0.2) is 11.5 Å². The predicted octanol–water partition coefficient (Wildman–Crippen LogP) is 1.54. The third kappa shape index (κ3) is 3.81. The minimum absolute atomic E-state index is 0.248. The van der Waals surface area contributed by atoms with Crippen molar-refractivity contribution in [3.63, 3.8) is 0 Å². The molecule has 1 heterocycles. The van der Waals surface area contributed by atoms with E-state index in [1.165, 1.54) is 0 Å². The molecule has 7 heteroatoms. The molecule has 0 bridgehead atoms. The molecule has 3 N–H and O–H groups in total. The van der Waals surface area contributed by atoms with Crippen LogP contribution in [0.3, 0.4) is 0 Å². The van der Waals surface area contributed by atoms with E-state index in [-0.39, 0.29) is 5.91 Å². The number of nitrogens with two attached hydrogens (primary N) is 1. The molecule has 1 atom stereocenters. The van der Waals surface area contributed by atoms with E-state index in [4.69, 9.17) is 15.2 Å². The fraction of sp³-hybridized carbons (Fsp3) is 0.375. The largest absolute Gasteiger partial charge is 0.493 e. The normalized spacial score (nSPS) is 11.9. The van der Waals surface area contributed by atoms with Crippen LogP contribution in [0.15, 0.2) is 24.4 Å². The zero-order chi connectivity index (χ0) is 17.0. The maximum atomic E-state index is 11.8. The van der Waals surface area contributed by atoms with Crippen LogP contribution < -0.4 is 20.5 Å². The molecule has 23 heavy (non-hydrogen) atoms. The van der Waals surface area contributed by atoms with Crippen molar-refractivity contribution in [3.8, 4) is 11.5 Å². The van der Waals surface area contributed by atoms with E-state index in [9.17, 15) is 4.79 Å². The number of anilines is 1. The van der Waals surface area contributed by atoms with Crippen molar-refractivity contribution in [1.29, 1.82) is 0 Å². The standard InChI is InChI=1S/C16H22N4O3/c1-10-8-18-20(15(10)19-16(21)11(2)17)9-12-5-6-13(22-3)14(7-12)23-4/h5-8,11H,9,17H2,1-4H3,(H,19,21)/t11-/m1/s1. The van der Waals surface area contributed by atoms with Gasteiger partial charge in [-0.3, -0.25) is 4.79 Å². The second kappa shape index (κ2) is 7.15. The molecular weight excluding hydrogens is 296 g/mol. The summed E-state index contributed by atoms with van der Waals surface area (Å²) in [7, 11) is 3.18. The number of hydrogen-bond acceptors (Lipinski definition) is 5. The Morgan fingerprint density at radius 1 is 1.35 bits per heavy atom. The van der Waals surface area contributed by atoms with Gasteiger partial charge in [0.05, 0.1) is 33.0 Å². The highest BCUT2D eigenvalue weighted by atomic mass is 16.5. The molecule has 0 spiro atoms. The summed E-state index contributed by atoms with van der Waals surface area (Å²) in [6.45, 7) is 4.01. The van der Waals surface area contributed by atoms with Crippen LogP contribution in [-0.4, -0.2) is 35.9 Å². The fourth-order valence-corrected chi connectivity index (χ4v) is 2.14. The van der Waals surface area contributed by atoms with E-state index < -0.39 is 6.04 Å². The van der Waals surface area contributed by atoms with Crippen molar-refractivity contribution in [2.45, 2.75) is 26.4 Å². The highest BCUT2D eigenvalue weighted by Gasteiger charge is 2.14. The maximum Gasteiger partial charge on any atom is 0.242 e. The van der Waals surface area contributed by atoms with Crippen molar-refractivity contribution in [1.82, 2.24) is 9.78 Å². The van der Waals surface area contributed by atoms with Crippen LogP contribution in [0.5, 0.6) is 11.5 Å². The molecule has 2 rings (SSSR count). The van der Waals surface area contributed by atoms with Crippen molar-refractivity contribution >= 4 is 11.7 Å². The van der Waals surface area contributed by atoms with Crippen LogP contribution in [0.25, 0.3) is 0 Å². The van der Waals surface area contributed by atoms with E-state index in [1.807, 2.05) is 25.1 Å². The summed E-state index contributed by atoms with van der Waals surface area (Å²) in [5.41, 5.74) is 7.45. The molecule has 1 aromatic carbocycles. The fourth-order valence-electron chi connectivity index (χ4n) is 2.14. The van der Waals surface area contributed by atoms with E-state index in [2.05, 4.69) is 10.4 Å². The lowest BCUT2D eigenvalue weighted by Crippen LogP contribution is -2.33. The number of aromatic nitrogens is 2. The first-order chi connectivity index (χ1) is 11.0. The van der Waals surface area contributed by atoms with Gasteiger partial charge in [-0.1, -0.05) is 6.07 Å². The lowest BCUT2D eigenvalue weighted by molar-refractivity contribution is -0.117. The Bertz CT molecular complexity index is 695. The van der Waals surface area contributed by atoms with Crippen molar-refractivity contribution in [2.75, 3.05) is 19.5 Å². The summed E-state index contributed by atoms with van der Waals surface area (Å²) in [5, 5.41) is 7.12. The number of nitrogens with zero attached hydrogens (tertiary/aromatic N) is 2. The number of carbonyl (C=O) groups is 1. The van der Waals surface area contributed by atoms with Gasteiger partial charge < -0.3 is 20.5 Å². The number of carbonyl (C=O) groups excluding carboxylic acids is 1. The third-order valence-corrected chi connectivity index (χ3v) is 3.46. The van der Waals surface area contributed by atoms with Gasteiger partial charge in [0.25, 0.3) is 0 Å². The molecule has 0 fully saturated rings. The van der Waals surface area contributed by atoms with Gasteiger partial charge in [0, 0.05) is 5.56 Å². The predicted molar refractivity (Wildman–Crippen MR) is 87.9 cm³/mol. The molecule has 0 aliphatic carbocycles. The second-order valence-corrected chi connectivity index (χ2v) is 5.30. The van der Waals surface area contributed by atoms with Crippen LogP contribution in [0, 0.1) is 6.92 Å². The summed E-state index contributed by atoms with van der Waals surface area (Å²) < 4.78 is 12.3. The SMILES string of the molecule is COc1ccc(Cn2ncc(C)c2NC(=O)[C@@H](C)N)cc1OC. The van der Waals surface area contributed by atoms with Gasteiger partial charge in [0.2, 0.25) is 5.91 Å². The zero-order valence-corrected chi connectivity index (χ0v) is 13.8. The van der Waals surface area contributed by atoms with Crippen molar-refractivity contribution in [2.24, 2.45) is 5.73 Å². The summed E-state index contributed by atoms with van der Waals surface area (Å²) in [4.78, 5) is 11.8. The third-order valence-electron chi connectivity index (χ3n) is 3.46. The Morgan fingerprint density at radius 3 is 2.65 bits per heavy atom. The molecule has 0 saturated carbocycles. The van der Waals surface area contributed by atoms with Crippen LogP contribution >= 0.6 is 0 Å². The molecule has 7 nitrogen and oxygen atoms in total. The van der Waals surface area contributed by atoms with E-state index in [1.54, 1.807) is 32.0 Å². The van der Waals surface area contributed by atoms with Crippen molar-refractivity contribution < 1.29 is 14.3 Å². The Kier molecular flexibility index (Phi) is 5.23. The van der Waals surface area contributed by atoms with Crippen LogP contribution in [-0.2, 0) is 11.3 Å². The number of aryl methyl sites for hydroxylation is 1. The minimum atomic E-state index is -0.584. The van der Waals surface area contributed by atoms with Crippen LogP contribution in [0.2, 0.25) is 0 Å². The van der Waals surface area contributed by atoms with Gasteiger partial charge in [-0.25, -0.2) is 4.68 Å². The molecule has 1 aromatic heterocycles. The zero-order valence-electron chi connectivity index (χ0n) is 13.8. The van der Waals surface area contributed by atoms with Gasteiger partial charge in [-0.05, 0) is 31.5 Å². The highest BCUT2D eigenvalue weighted by molar-refractivity contribution is 5.94. The molecule has 0 saturated heterocycles. The Hall–Kier alpha value is -2.54. The molecule has 0 radical (unpaired) electrons. The quantitative estimate of drug-likeness (QED) is 0.843. The van der Waals surface area contributed by atoms with Crippen LogP contribution in [0.4, 0.5) is 5.82 Å². The number of nitrogens with one attached hydrogen (secondary N) is 1. The number of hydrogen-bond donors (Lipinski definition) is 2. The number of benzene rings is 1. The van der Waals surface area contributed by atoms with Gasteiger partial charge >= 0.3 is 0 Å². The number of rotatable bonds is 6. The Balaban J connectivity index is 2.25. The molecule has 0 unspecified atom stereocenters. The van der Waals surface area contributed by atoms with Crippen molar-refractivity contribution in [3.05, 3.63) is 35.5 Å². The molecule has 2 aromatic rings. The first-order valence-corrected chi connectivity index (χ1v) is 7.26. The molecule has 124 valence electrons. The lowest BCUT2D eigenvalue weighted by Gasteiger charge is -2.13. The Labute approximate surface area is 135 Å². The first kappa shape index (κ1) is 16.8. The lowest BCUT2D eigenvalue weighted by atomic mass is 10.2. The van der Waals surface area contributed by atoms with Gasteiger partial charge in [-0.2, -0.15) is 5.10 Å². The summed E-state index contributed by atoms with van der Waals surface area (Å²) >= 11 is 0. The summed E-state index contributed by atoms with van der Waals surface area (Å²) in [6.07, 6.45) is 1.71. The second-order valence-electron chi connectivity index (χ2n) is 5.30. The maximum absolute atomic E-state index is 11.8. The molecule has 1 amide bonds. The van der Waals surface area contributed by atoms with Gasteiger partial charge in [-0.15, -0.1) is 0 Å². The van der Waals surface area contributed by atoms with E-state index in [0.717, 1.165) is 11.1 Å². The van der Waals surface area contributed by atoms with Gasteiger partial charge in [0.1, 0.15) is 5.82 Å². The summed E-state index contributed by atoms with van der Waals surface area (Å²) in [6, 6.07) is 5.06. The summed E-state index contributed by atoms with van der Waals surface area (Å²) in [5.74, 6) is 1.71. The smallest absolute Gasteiger partial charge is 0.242 e. The first-order valence-electron chi connectivity index (χ1n) is 7.26. The average molecular weight is 318 g/mol. The highest BCUT2D eigenvalue weighted by Crippen LogP contribution is 2.28. The number of ether oxygens (including phenoxy) is 2. The molecular formula is C16H22N4O3. The Morgan fingerprint density at radius 2 is 2.04 bits per heavy atom. The molecule has 0 aliphatic rings. The average Bonchev–Trinajstić information content (AvgIpc) is 2.87. The van der Waals surface area contributed by atoms with Crippen LogP contribution in [0.1, 0.15) is 18.1 Å². The molecule has 0 aliphatic heterocycles.